The van der Waals surface area contributed by atoms with Crippen LogP contribution in [0.25, 0.3) is 0 Å². The van der Waals surface area contributed by atoms with Crippen LogP contribution in [0.15, 0.2) is 78.9 Å². The first-order valence-corrected chi connectivity index (χ1v) is 10.8. The van der Waals surface area contributed by atoms with E-state index >= 15 is 0 Å². The predicted octanol–water partition coefficient (Wildman–Crippen LogP) is 4.82. The highest BCUT2D eigenvalue weighted by molar-refractivity contribution is 5.95. The van der Waals surface area contributed by atoms with Gasteiger partial charge < -0.3 is 15.5 Å². The molecule has 2 N–H and O–H groups in total. The molecule has 1 aliphatic rings. The summed E-state index contributed by atoms with van der Waals surface area (Å²) < 4.78 is 13.1. The van der Waals surface area contributed by atoms with Crippen LogP contribution in [-0.4, -0.2) is 36.5 Å². The van der Waals surface area contributed by atoms with Crippen molar-refractivity contribution >= 4 is 17.6 Å². The molecule has 3 amide bonds. The van der Waals surface area contributed by atoms with Gasteiger partial charge in [0.1, 0.15) is 5.82 Å². The lowest BCUT2D eigenvalue weighted by molar-refractivity contribution is 0.0954. The van der Waals surface area contributed by atoms with Gasteiger partial charge in [-0.2, -0.15) is 0 Å². The van der Waals surface area contributed by atoms with Crippen LogP contribution in [0.5, 0.6) is 0 Å². The van der Waals surface area contributed by atoms with Crippen molar-refractivity contribution in [2.45, 2.75) is 18.8 Å². The maximum atomic E-state index is 13.1. The number of nitrogens with one attached hydrogen (secondary N) is 2. The topological polar surface area (TPSA) is 61.4 Å². The van der Waals surface area contributed by atoms with Gasteiger partial charge in [0, 0.05) is 36.8 Å². The molecule has 3 aromatic rings. The standard InChI is InChI=1S/C26H26FN3O2/c27-23-10-6-20(7-11-23)22-15-17-30(18-22)26(32)29-24-12-8-21(9-13-24)25(31)28-16-14-19-4-2-1-3-5-19/h1-13,22H,14-18H2,(H,28,31)(H,29,32). The van der Waals surface area contributed by atoms with E-state index in [2.05, 4.69) is 10.6 Å². The summed E-state index contributed by atoms with van der Waals surface area (Å²) in [5, 5.41) is 5.81. The molecule has 3 aromatic carbocycles. The molecule has 4 rings (SSSR count). The Bertz CT molecular complexity index is 1050. The lowest BCUT2D eigenvalue weighted by Crippen LogP contribution is -2.32. The van der Waals surface area contributed by atoms with Crippen molar-refractivity contribution < 1.29 is 14.0 Å². The fourth-order valence-corrected chi connectivity index (χ4v) is 3.93. The molecule has 0 bridgehead atoms. The number of halogens is 1. The first kappa shape index (κ1) is 21.6. The van der Waals surface area contributed by atoms with Gasteiger partial charge in [0.15, 0.2) is 0 Å². The zero-order valence-electron chi connectivity index (χ0n) is 17.8. The van der Waals surface area contributed by atoms with Crippen molar-refractivity contribution in [3.05, 3.63) is 101 Å². The smallest absolute Gasteiger partial charge is 0.321 e. The van der Waals surface area contributed by atoms with Gasteiger partial charge in [-0.05, 0) is 60.4 Å². The average Bonchev–Trinajstić information content (AvgIpc) is 3.31. The summed E-state index contributed by atoms with van der Waals surface area (Å²) in [4.78, 5) is 26.7. The molecule has 0 aliphatic carbocycles. The van der Waals surface area contributed by atoms with Gasteiger partial charge in [-0.25, -0.2) is 9.18 Å². The van der Waals surface area contributed by atoms with Crippen LogP contribution >= 0.6 is 0 Å². The monoisotopic (exact) mass is 431 g/mol. The number of benzene rings is 3. The molecule has 164 valence electrons. The summed E-state index contributed by atoms with van der Waals surface area (Å²) in [6, 6.07) is 23.2. The van der Waals surface area contributed by atoms with E-state index in [1.807, 2.05) is 30.3 Å². The quantitative estimate of drug-likeness (QED) is 0.588. The van der Waals surface area contributed by atoms with E-state index < -0.39 is 0 Å². The SMILES string of the molecule is O=C(NCCc1ccccc1)c1ccc(NC(=O)N2CCC(c3ccc(F)cc3)C2)cc1. The summed E-state index contributed by atoms with van der Waals surface area (Å²) in [6.07, 6.45) is 1.62. The van der Waals surface area contributed by atoms with Crippen LogP contribution in [-0.2, 0) is 6.42 Å². The normalized spacial score (nSPS) is 15.4. The molecular weight excluding hydrogens is 405 g/mol. The van der Waals surface area contributed by atoms with Gasteiger partial charge in [0.25, 0.3) is 5.91 Å². The average molecular weight is 432 g/mol. The van der Waals surface area contributed by atoms with Crippen LogP contribution in [0, 0.1) is 5.82 Å². The summed E-state index contributed by atoms with van der Waals surface area (Å²) in [6.45, 7) is 1.81. The van der Waals surface area contributed by atoms with Crippen molar-refractivity contribution in [3.63, 3.8) is 0 Å². The third kappa shape index (κ3) is 5.52. The fourth-order valence-electron chi connectivity index (χ4n) is 3.93. The van der Waals surface area contributed by atoms with E-state index in [0.717, 1.165) is 18.4 Å². The number of rotatable bonds is 6. The maximum absolute atomic E-state index is 13.1. The second kappa shape index (κ2) is 10.1. The number of hydrogen-bond acceptors (Lipinski definition) is 2. The Morgan fingerprint density at radius 3 is 2.38 bits per heavy atom. The van der Waals surface area contributed by atoms with Crippen molar-refractivity contribution in [2.75, 3.05) is 25.0 Å². The Hall–Kier alpha value is -3.67. The number of likely N-dealkylation sites (tertiary alicyclic amines) is 1. The number of anilines is 1. The Balaban J connectivity index is 1.25. The molecule has 1 atom stereocenters. The van der Waals surface area contributed by atoms with E-state index in [4.69, 9.17) is 0 Å². The van der Waals surface area contributed by atoms with Crippen LogP contribution < -0.4 is 10.6 Å². The molecule has 1 aliphatic heterocycles. The summed E-state index contributed by atoms with van der Waals surface area (Å²) in [5.74, 6) is -0.182. The molecule has 1 unspecified atom stereocenters. The highest BCUT2D eigenvalue weighted by Crippen LogP contribution is 2.27. The molecule has 1 saturated heterocycles. The third-order valence-corrected chi connectivity index (χ3v) is 5.76. The van der Waals surface area contributed by atoms with Crippen molar-refractivity contribution in [1.82, 2.24) is 10.2 Å². The third-order valence-electron chi connectivity index (χ3n) is 5.76. The summed E-state index contributed by atoms with van der Waals surface area (Å²) in [7, 11) is 0. The first-order chi connectivity index (χ1) is 15.6. The molecule has 0 spiro atoms. The lowest BCUT2D eigenvalue weighted by atomic mass is 9.99. The molecule has 0 radical (unpaired) electrons. The number of urea groups is 1. The zero-order chi connectivity index (χ0) is 22.3. The number of amides is 3. The number of carbonyl (C=O) groups excluding carboxylic acids is 2. The van der Waals surface area contributed by atoms with Gasteiger partial charge in [0.2, 0.25) is 0 Å². The van der Waals surface area contributed by atoms with E-state index in [-0.39, 0.29) is 23.7 Å². The van der Waals surface area contributed by atoms with Gasteiger partial charge in [-0.1, -0.05) is 42.5 Å². The van der Waals surface area contributed by atoms with Gasteiger partial charge in [-0.15, -0.1) is 0 Å². The Labute approximate surface area is 187 Å². The minimum absolute atomic E-state index is 0.138. The highest BCUT2D eigenvalue weighted by Gasteiger charge is 2.27. The Kier molecular flexibility index (Phi) is 6.80. The van der Waals surface area contributed by atoms with E-state index in [1.54, 1.807) is 41.3 Å². The molecule has 6 heteroatoms. The molecular formula is C26H26FN3O2. The second-order valence-corrected chi connectivity index (χ2v) is 7.98. The zero-order valence-corrected chi connectivity index (χ0v) is 17.8. The minimum Gasteiger partial charge on any atom is -0.352 e. The Morgan fingerprint density at radius 1 is 0.938 bits per heavy atom. The molecule has 5 nitrogen and oxygen atoms in total. The van der Waals surface area contributed by atoms with Crippen molar-refractivity contribution in [2.24, 2.45) is 0 Å². The van der Waals surface area contributed by atoms with E-state index in [1.165, 1.54) is 17.7 Å². The van der Waals surface area contributed by atoms with E-state index in [9.17, 15) is 14.0 Å². The second-order valence-electron chi connectivity index (χ2n) is 7.98. The fraction of sp³-hybridized carbons (Fsp3) is 0.231. The number of carbonyl (C=O) groups is 2. The first-order valence-electron chi connectivity index (χ1n) is 10.8. The number of nitrogens with zero attached hydrogens (tertiary/aromatic N) is 1. The highest BCUT2D eigenvalue weighted by atomic mass is 19.1. The maximum Gasteiger partial charge on any atom is 0.321 e. The molecule has 32 heavy (non-hydrogen) atoms. The van der Waals surface area contributed by atoms with Crippen LogP contribution in [0.1, 0.15) is 33.8 Å². The van der Waals surface area contributed by atoms with Gasteiger partial charge in [-0.3, -0.25) is 4.79 Å². The van der Waals surface area contributed by atoms with E-state index in [0.29, 0.717) is 30.9 Å². The van der Waals surface area contributed by atoms with Crippen LogP contribution in [0.3, 0.4) is 0 Å². The number of hydrogen-bond donors (Lipinski definition) is 2. The van der Waals surface area contributed by atoms with Crippen molar-refractivity contribution in [3.8, 4) is 0 Å². The minimum atomic E-state index is -0.255. The molecule has 0 aromatic heterocycles. The summed E-state index contributed by atoms with van der Waals surface area (Å²) >= 11 is 0. The molecule has 0 saturated carbocycles. The molecule has 1 heterocycles. The Morgan fingerprint density at radius 2 is 1.66 bits per heavy atom. The van der Waals surface area contributed by atoms with Crippen LogP contribution in [0.4, 0.5) is 14.9 Å². The molecule has 1 fully saturated rings. The van der Waals surface area contributed by atoms with Gasteiger partial charge in [0.05, 0.1) is 0 Å². The van der Waals surface area contributed by atoms with Crippen molar-refractivity contribution in [1.29, 1.82) is 0 Å². The van der Waals surface area contributed by atoms with Crippen LogP contribution in [0.2, 0.25) is 0 Å². The van der Waals surface area contributed by atoms with Gasteiger partial charge >= 0.3 is 6.03 Å². The lowest BCUT2D eigenvalue weighted by Gasteiger charge is -2.18. The summed E-state index contributed by atoms with van der Waals surface area (Å²) in [5.41, 5.74) is 3.41. The predicted molar refractivity (Wildman–Crippen MR) is 123 cm³/mol. The largest absolute Gasteiger partial charge is 0.352 e.